The molecule has 0 bridgehead atoms. The highest BCUT2D eigenvalue weighted by Gasteiger charge is 2.17. The van der Waals surface area contributed by atoms with Crippen LogP contribution in [-0.2, 0) is 13.5 Å². The van der Waals surface area contributed by atoms with E-state index < -0.39 is 0 Å². The number of rotatable bonds is 0. The Morgan fingerprint density at radius 3 is 3.00 bits per heavy atom. The minimum Gasteiger partial charge on any atom is -0.352 e. The number of pyridine rings is 1. The number of hydrogen-bond donors (Lipinski definition) is 1. The average Bonchev–Trinajstić information content (AvgIpc) is 2.09. The summed E-state index contributed by atoms with van der Waals surface area (Å²) in [7, 11) is 1.64. The third-order valence-electron chi connectivity index (χ3n) is 2.24. The zero-order chi connectivity index (χ0) is 9.42. The van der Waals surface area contributed by atoms with Gasteiger partial charge in [-0.25, -0.2) is 0 Å². The Morgan fingerprint density at radius 1 is 1.46 bits per heavy atom. The van der Waals surface area contributed by atoms with Gasteiger partial charge in [0.05, 0.1) is 5.56 Å². The molecule has 68 valence electrons. The number of hydrogen-bond acceptors (Lipinski definition) is 2. The number of nitrogens with zero attached hydrogens (tertiary/aromatic N) is 1. The molecule has 0 unspecified atom stereocenters. The fourth-order valence-electron chi connectivity index (χ4n) is 1.49. The zero-order valence-electron chi connectivity index (χ0n) is 7.33. The number of aryl methyl sites for hydroxylation is 1. The van der Waals surface area contributed by atoms with Crippen LogP contribution in [0.4, 0.5) is 0 Å². The largest absolute Gasteiger partial charge is 0.352 e. The number of carbonyl (C=O) groups excluding carboxylic acids is 1. The highest BCUT2D eigenvalue weighted by Crippen LogP contribution is 2.09. The van der Waals surface area contributed by atoms with E-state index in [2.05, 4.69) is 5.32 Å². The van der Waals surface area contributed by atoms with Crippen LogP contribution in [0.25, 0.3) is 0 Å². The number of nitrogens with one attached hydrogen (secondary N) is 1. The smallest absolute Gasteiger partial charge is 0.253 e. The first-order valence-corrected chi connectivity index (χ1v) is 4.16. The number of aromatic nitrogens is 1. The van der Waals surface area contributed by atoms with Crippen molar-refractivity contribution in [3.63, 3.8) is 0 Å². The van der Waals surface area contributed by atoms with Gasteiger partial charge in [0.25, 0.3) is 11.5 Å². The van der Waals surface area contributed by atoms with Crippen molar-refractivity contribution in [2.24, 2.45) is 7.05 Å². The van der Waals surface area contributed by atoms with Gasteiger partial charge in [0.1, 0.15) is 0 Å². The van der Waals surface area contributed by atoms with Gasteiger partial charge in [-0.15, -0.1) is 0 Å². The lowest BCUT2D eigenvalue weighted by atomic mass is 10.0. The maximum Gasteiger partial charge on any atom is 0.253 e. The van der Waals surface area contributed by atoms with E-state index in [4.69, 9.17) is 0 Å². The third kappa shape index (κ3) is 1.24. The molecule has 13 heavy (non-hydrogen) atoms. The van der Waals surface area contributed by atoms with Crippen LogP contribution in [-0.4, -0.2) is 17.0 Å². The molecule has 0 radical (unpaired) electrons. The zero-order valence-corrected chi connectivity index (χ0v) is 7.33. The molecular formula is C9H10N2O2. The predicted octanol–water partition coefficient (Wildman–Crippen LogP) is -0.329. The molecule has 0 saturated heterocycles. The van der Waals surface area contributed by atoms with Gasteiger partial charge in [-0.2, -0.15) is 0 Å². The summed E-state index contributed by atoms with van der Waals surface area (Å²) < 4.78 is 1.42. The summed E-state index contributed by atoms with van der Waals surface area (Å²) in [6.07, 6.45) is 2.34. The summed E-state index contributed by atoms with van der Waals surface area (Å²) in [4.78, 5) is 22.6. The van der Waals surface area contributed by atoms with Crippen LogP contribution < -0.4 is 10.9 Å². The Hall–Kier alpha value is -1.58. The molecule has 0 saturated carbocycles. The van der Waals surface area contributed by atoms with Crippen molar-refractivity contribution in [1.82, 2.24) is 9.88 Å². The van der Waals surface area contributed by atoms with E-state index in [9.17, 15) is 9.59 Å². The molecule has 1 aromatic heterocycles. The van der Waals surface area contributed by atoms with E-state index in [0.29, 0.717) is 12.1 Å². The van der Waals surface area contributed by atoms with E-state index in [1.54, 1.807) is 13.2 Å². The molecule has 0 fully saturated rings. The van der Waals surface area contributed by atoms with E-state index in [1.165, 1.54) is 10.6 Å². The fraction of sp³-hybridized carbons (Fsp3) is 0.333. The molecule has 1 amide bonds. The second kappa shape index (κ2) is 2.73. The molecule has 2 rings (SSSR count). The van der Waals surface area contributed by atoms with E-state index in [0.717, 1.165) is 12.0 Å². The van der Waals surface area contributed by atoms with Gasteiger partial charge >= 0.3 is 0 Å². The molecule has 1 aliphatic rings. The Bertz CT molecular complexity index is 420. The van der Waals surface area contributed by atoms with Gasteiger partial charge in [-0.1, -0.05) is 0 Å². The Morgan fingerprint density at radius 2 is 2.23 bits per heavy atom. The number of fused-ring (bicyclic) bond motifs is 1. The lowest BCUT2D eigenvalue weighted by molar-refractivity contribution is 0.0945. The first kappa shape index (κ1) is 8.04. The van der Waals surface area contributed by atoms with Crippen molar-refractivity contribution >= 4 is 5.91 Å². The first-order chi connectivity index (χ1) is 6.18. The second-order valence-electron chi connectivity index (χ2n) is 3.17. The maximum absolute atomic E-state index is 11.3. The van der Waals surface area contributed by atoms with E-state index in [-0.39, 0.29) is 11.5 Å². The minimum absolute atomic E-state index is 0.0616. The number of amides is 1. The van der Waals surface area contributed by atoms with Crippen molar-refractivity contribution in [2.45, 2.75) is 6.42 Å². The molecule has 1 aliphatic heterocycles. The van der Waals surface area contributed by atoms with Gasteiger partial charge in [-0.05, 0) is 12.0 Å². The maximum atomic E-state index is 11.3. The fourth-order valence-corrected chi connectivity index (χ4v) is 1.49. The monoisotopic (exact) mass is 178 g/mol. The molecule has 4 heteroatoms. The summed E-state index contributed by atoms with van der Waals surface area (Å²) in [5.74, 6) is -0.0862. The van der Waals surface area contributed by atoms with Crippen molar-refractivity contribution in [3.05, 3.63) is 33.7 Å². The summed E-state index contributed by atoms with van der Waals surface area (Å²) in [5.41, 5.74) is 1.41. The van der Waals surface area contributed by atoms with Gasteiger partial charge in [0, 0.05) is 25.9 Å². The SMILES string of the molecule is Cn1cc2c(cc1=O)CCNC2=O. The molecule has 0 aliphatic carbocycles. The van der Waals surface area contributed by atoms with Crippen LogP contribution in [0, 0.1) is 0 Å². The second-order valence-corrected chi connectivity index (χ2v) is 3.17. The molecule has 1 aromatic rings. The Kier molecular flexibility index (Phi) is 1.69. The highest BCUT2D eigenvalue weighted by atomic mass is 16.2. The van der Waals surface area contributed by atoms with Crippen LogP contribution in [0.1, 0.15) is 15.9 Å². The highest BCUT2D eigenvalue weighted by molar-refractivity contribution is 5.96. The van der Waals surface area contributed by atoms with Gasteiger partial charge in [-0.3, -0.25) is 9.59 Å². The first-order valence-electron chi connectivity index (χ1n) is 4.16. The quantitative estimate of drug-likeness (QED) is 0.591. The van der Waals surface area contributed by atoms with Crippen molar-refractivity contribution in [1.29, 1.82) is 0 Å². The van der Waals surface area contributed by atoms with Crippen molar-refractivity contribution < 1.29 is 4.79 Å². The average molecular weight is 178 g/mol. The molecule has 2 heterocycles. The van der Waals surface area contributed by atoms with Crippen LogP contribution in [0.15, 0.2) is 17.1 Å². The number of carbonyl (C=O) groups is 1. The van der Waals surface area contributed by atoms with Crippen molar-refractivity contribution in [3.8, 4) is 0 Å². The molecule has 0 spiro atoms. The minimum atomic E-state index is -0.0862. The molecule has 0 atom stereocenters. The Balaban J connectivity index is 2.65. The predicted molar refractivity (Wildman–Crippen MR) is 47.7 cm³/mol. The summed E-state index contributed by atoms with van der Waals surface area (Å²) in [6, 6.07) is 1.54. The summed E-state index contributed by atoms with van der Waals surface area (Å²) >= 11 is 0. The van der Waals surface area contributed by atoms with Crippen LogP contribution in [0.3, 0.4) is 0 Å². The molecule has 4 nitrogen and oxygen atoms in total. The Labute approximate surface area is 75.2 Å². The van der Waals surface area contributed by atoms with Crippen LogP contribution in [0.5, 0.6) is 0 Å². The lowest BCUT2D eigenvalue weighted by Crippen LogP contribution is -2.34. The standard InChI is InChI=1S/C9H10N2O2/c1-11-5-7-6(4-8(11)12)2-3-10-9(7)13/h4-5H,2-3H2,1H3,(H,10,13). The normalized spacial score (nSPS) is 15.0. The van der Waals surface area contributed by atoms with Gasteiger partial charge in [0.2, 0.25) is 0 Å². The third-order valence-corrected chi connectivity index (χ3v) is 2.24. The molecule has 1 N–H and O–H groups in total. The molecule has 0 aromatic carbocycles. The molecular weight excluding hydrogens is 168 g/mol. The summed E-state index contributed by atoms with van der Waals surface area (Å²) in [5, 5.41) is 2.73. The van der Waals surface area contributed by atoms with Crippen LogP contribution in [0.2, 0.25) is 0 Å². The van der Waals surface area contributed by atoms with Crippen molar-refractivity contribution in [2.75, 3.05) is 6.54 Å². The van der Waals surface area contributed by atoms with E-state index >= 15 is 0 Å². The summed E-state index contributed by atoms with van der Waals surface area (Å²) in [6.45, 7) is 0.624. The van der Waals surface area contributed by atoms with Gasteiger partial charge < -0.3 is 9.88 Å². The van der Waals surface area contributed by atoms with Gasteiger partial charge in [0.15, 0.2) is 0 Å². The lowest BCUT2D eigenvalue weighted by Gasteiger charge is -2.16. The van der Waals surface area contributed by atoms with E-state index in [1.807, 2.05) is 0 Å². The van der Waals surface area contributed by atoms with Crippen LogP contribution >= 0.6 is 0 Å². The topological polar surface area (TPSA) is 51.1 Å².